The fraction of sp³-hybridized carbons (Fsp3) is 0.600. The van der Waals surface area contributed by atoms with Crippen molar-refractivity contribution in [2.24, 2.45) is 0 Å². The number of ether oxygens (including phenoxy) is 3. The molecule has 1 saturated heterocycles. The molecule has 2 aliphatic heterocycles. The molecule has 2 aromatic rings. The van der Waals surface area contributed by atoms with Gasteiger partial charge in [-0.15, -0.1) is 10.2 Å². The molecule has 0 bridgehead atoms. The van der Waals surface area contributed by atoms with Crippen LogP contribution in [-0.4, -0.2) is 53.6 Å². The van der Waals surface area contributed by atoms with Crippen LogP contribution in [0.25, 0.3) is 0 Å². The molecule has 1 aromatic heterocycles. The van der Waals surface area contributed by atoms with E-state index in [1.165, 1.54) is 5.56 Å². The Kier molecular flexibility index (Phi) is 5.31. The van der Waals surface area contributed by atoms with Crippen molar-refractivity contribution in [2.75, 3.05) is 33.9 Å². The predicted octanol–water partition coefficient (Wildman–Crippen LogP) is 2.51. The van der Waals surface area contributed by atoms with E-state index in [1.807, 2.05) is 13.0 Å². The van der Waals surface area contributed by atoms with Crippen LogP contribution in [0.2, 0.25) is 0 Å². The average molecular weight is 372 g/mol. The Morgan fingerprint density at radius 3 is 2.78 bits per heavy atom. The molecule has 0 aliphatic carbocycles. The van der Waals surface area contributed by atoms with E-state index in [9.17, 15) is 0 Å². The van der Waals surface area contributed by atoms with Crippen molar-refractivity contribution in [1.82, 2.24) is 19.7 Å². The number of nitrogens with zero attached hydrogens (tertiary/aromatic N) is 4. The first kappa shape index (κ1) is 18.3. The van der Waals surface area contributed by atoms with Gasteiger partial charge in [0.25, 0.3) is 0 Å². The first-order valence-corrected chi connectivity index (χ1v) is 9.67. The van der Waals surface area contributed by atoms with Crippen LogP contribution in [0, 0.1) is 6.92 Å². The topological polar surface area (TPSA) is 61.6 Å². The maximum absolute atomic E-state index is 5.83. The molecule has 3 heterocycles. The zero-order valence-corrected chi connectivity index (χ0v) is 16.4. The van der Waals surface area contributed by atoms with Gasteiger partial charge >= 0.3 is 0 Å². The van der Waals surface area contributed by atoms with Crippen LogP contribution in [-0.2, 0) is 24.2 Å². The van der Waals surface area contributed by atoms with Gasteiger partial charge in [-0.05, 0) is 25.8 Å². The number of hydrogen-bond acceptors (Lipinski definition) is 6. The lowest BCUT2D eigenvalue weighted by Crippen LogP contribution is -2.27. The van der Waals surface area contributed by atoms with Gasteiger partial charge in [0.05, 0.1) is 14.2 Å². The normalized spacial score (nSPS) is 20.3. The molecule has 0 amide bonds. The molecule has 1 atom stereocenters. The van der Waals surface area contributed by atoms with Crippen LogP contribution in [0.1, 0.15) is 41.7 Å². The second-order valence-electron chi connectivity index (χ2n) is 7.24. The second-order valence-corrected chi connectivity index (χ2v) is 7.24. The molecule has 7 heteroatoms. The van der Waals surface area contributed by atoms with E-state index in [2.05, 4.69) is 25.7 Å². The Morgan fingerprint density at radius 1 is 1.15 bits per heavy atom. The summed E-state index contributed by atoms with van der Waals surface area (Å²) in [6.45, 7) is 6.53. The smallest absolute Gasteiger partial charge is 0.162 e. The molecule has 7 nitrogen and oxygen atoms in total. The molecule has 1 aromatic carbocycles. The van der Waals surface area contributed by atoms with Gasteiger partial charge in [0.15, 0.2) is 5.82 Å². The standard InChI is InChI=1S/C20H28N4O3/c1-14-16(25-2)7-6-15(19(14)26-3)13-23-9-8-18-21-22-20(24(18)11-10-23)17-5-4-12-27-17/h6-7,17H,4-5,8-13H2,1-3H3/t17-/m1/s1. The van der Waals surface area contributed by atoms with Crippen LogP contribution in [0.4, 0.5) is 0 Å². The van der Waals surface area contributed by atoms with Gasteiger partial charge in [-0.1, -0.05) is 6.07 Å². The lowest BCUT2D eigenvalue weighted by molar-refractivity contribution is 0.101. The summed E-state index contributed by atoms with van der Waals surface area (Å²) < 4.78 is 19.2. The molecule has 1 fully saturated rings. The number of hydrogen-bond donors (Lipinski definition) is 0. The predicted molar refractivity (Wildman–Crippen MR) is 101 cm³/mol. The van der Waals surface area contributed by atoms with Crippen molar-refractivity contribution in [3.05, 3.63) is 34.9 Å². The molecule has 4 rings (SSSR count). The van der Waals surface area contributed by atoms with Gasteiger partial charge in [0.2, 0.25) is 0 Å². The van der Waals surface area contributed by atoms with E-state index < -0.39 is 0 Å². The van der Waals surface area contributed by atoms with Gasteiger partial charge in [-0.25, -0.2) is 0 Å². The average Bonchev–Trinajstić information content (AvgIpc) is 3.30. The fourth-order valence-corrected chi connectivity index (χ4v) is 4.17. The number of fused-ring (bicyclic) bond motifs is 1. The molecule has 0 unspecified atom stereocenters. The largest absolute Gasteiger partial charge is 0.496 e. The van der Waals surface area contributed by atoms with E-state index in [-0.39, 0.29) is 6.10 Å². The molecule has 0 saturated carbocycles. The van der Waals surface area contributed by atoms with Crippen molar-refractivity contribution < 1.29 is 14.2 Å². The highest BCUT2D eigenvalue weighted by Gasteiger charge is 2.27. The molecule has 0 N–H and O–H groups in total. The summed E-state index contributed by atoms with van der Waals surface area (Å²) in [5.74, 6) is 3.85. The van der Waals surface area contributed by atoms with Crippen molar-refractivity contribution >= 4 is 0 Å². The third-order valence-corrected chi connectivity index (χ3v) is 5.62. The summed E-state index contributed by atoms with van der Waals surface area (Å²) in [5, 5.41) is 8.86. The Labute approximate surface area is 160 Å². The van der Waals surface area contributed by atoms with Crippen molar-refractivity contribution in [1.29, 1.82) is 0 Å². The van der Waals surface area contributed by atoms with Crippen LogP contribution in [0.3, 0.4) is 0 Å². The highest BCUT2D eigenvalue weighted by atomic mass is 16.5. The summed E-state index contributed by atoms with van der Waals surface area (Å²) in [5.41, 5.74) is 2.23. The van der Waals surface area contributed by atoms with Crippen LogP contribution in [0.5, 0.6) is 11.5 Å². The summed E-state index contributed by atoms with van der Waals surface area (Å²) in [4.78, 5) is 2.46. The summed E-state index contributed by atoms with van der Waals surface area (Å²) in [6.07, 6.45) is 3.17. The monoisotopic (exact) mass is 372 g/mol. The maximum atomic E-state index is 5.83. The molecule has 146 valence electrons. The molecular weight excluding hydrogens is 344 g/mol. The first-order chi connectivity index (χ1) is 13.2. The van der Waals surface area contributed by atoms with Crippen molar-refractivity contribution in [3.8, 4) is 11.5 Å². The number of rotatable bonds is 5. The minimum atomic E-state index is 0.113. The number of aromatic nitrogens is 3. The van der Waals surface area contributed by atoms with E-state index in [1.54, 1.807) is 14.2 Å². The minimum absolute atomic E-state index is 0.113. The van der Waals surface area contributed by atoms with Crippen LogP contribution < -0.4 is 9.47 Å². The van der Waals surface area contributed by atoms with Gasteiger partial charge in [0, 0.05) is 50.3 Å². The van der Waals surface area contributed by atoms with Gasteiger partial charge < -0.3 is 18.8 Å². The zero-order chi connectivity index (χ0) is 18.8. The molecule has 2 aliphatic rings. The van der Waals surface area contributed by atoms with Crippen LogP contribution in [0.15, 0.2) is 12.1 Å². The van der Waals surface area contributed by atoms with Gasteiger partial charge in [-0.2, -0.15) is 0 Å². The quantitative estimate of drug-likeness (QED) is 0.804. The number of benzene rings is 1. The minimum Gasteiger partial charge on any atom is -0.496 e. The Hall–Kier alpha value is -2.12. The SMILES string of the molecule is COc1ccc(CN2CCc3nnc([C@H]4CCCO4)n3CC2)c(OC)c1C. The van der Waals surface area contributed by atoms with Gasteiger partial charge in [-0.3, -0.25) is 4.90 Å². The van der Waals surface area contributed by atoms with Crippen molar-refractivity contribution in [2.45, 2.75) is 45.4 Å². The lowest BCUT2D eigenvalue weighted by atomic mass is 10.1. The number of methoxy groups -OCH3 is 2. The Morgan fingerprint density at radius 2 is 2.04 bits per heavy atom. The Balaban J connectivity index is 1.49. The highest BCUT2D eigenvalue weighted by Crippen LogP contribution is 2.32. The van der Waals surface area contributed by atoms with Crippen LogP contribution >= 0.6 is 0 Å². The summed E-state index contributed by atoms with van der Waals surface area (Å²) in [7, 11) is 3.42. The summed E-state index contributed by atoms with van der Waals surface area (Å²) in [6, 6.07) is 4.13. The van der Waals surface area contributed by atoms with E-state index >= 15 is 0 Å². The van der Waals surface area contributed by atoms with E-state index in [0.29, 0.717) is 0 Å². The Bertz CT molecular complexity index is 799. The molecule has 0 spiro atoms. The fourth-order valence-electron chi connectivity index (χ4n) is 4.17. The van der Waals surface area contributed by atoms with E-state index in [0.717, 1.165) is 80.8 Å². The van der Waals surface area contributed by atoms with E-state index in [4.69, 9.17) is 14.2 Å². The summed E-state index contributed by atoms with van der Waals surface area (Å²) >= 11 is 0. The first-order valence-electron chi connectivity index (χ1n) is 9.67. The third kappa shape index (κ3) is 3.53. The molecular formula is C20H28N4O3. The maximum Gasteiger partial charge on any atom is 0.162 e. The third-order valence-electron chi connectivity index (χ3n) is 5.62. The van der Waals surface area contributed by atoms with Gasteiger partial charge in [0.1, 0.15) is 23.4 Å². The second kappa shape index (κ2) is 7.86. The highest BCUT2D eigenvalue weighted by molar-refractivity contribution is 5.49. The van der Waals surface area contributed by atoms with Crippen molar-refractivity contribution in [3.63, 3.8) is 0 Å². The lowest BCUT2D eigenvalue weighted by Gasteiger charge is -2.22. The molecule has 27 heavy (non-hydrogen) atoms. The molecule has 0 radical (unpaired) electrons. The zero-order valence-electron chi connectivity index (χ0n) is 16.4.